The first-order chi connectivity index (χ1) is 8.60. The predicted molar refractivity (Wildman–Crippen MR) is 83.6 cm³/mol. The standard InChI is InChI=1S/C13H17Br2NO2/c1-3-4-7-18-13-9(8-12(14)15)10(16)5-6-11(13)17-2/h5-6,8H,3-4,7,16H2,1-2H3. The highest BCUT2D eigenvalue weighted by Gasteiger charge is 2.12. The molecule has 0 aromatic heterocycles. The number of benzene rings is 1. The molecule has 0 spiro atoms. The minimum Gasteiger partial charge on any atom is -0.493 e. The van der Waals surface area contributed by atoms with E-state index in [9.17, 15) is 0 Å². The molecule has 0 aliphatic rings. The van der Waals surface area contributed by atoms with Crippen LogP contribution in [-0.2, 0) is 0 Å². The molecule has 0 radical (unpaired) electrons. The lowest BCUT2D eigenvalue weighted by Gasteiger charge is -2.15. The minimum atomic E-state index is 0.650. The molecule has 5 heteroatoms. The van der Waals surface area contributed by atoms with E-state index in [1.807, 2.05) is 12.1 Å². The molecule has 18 heavy (non-hydrogen) atoms. The van der Waals surface area contributed by atoms with E-state index in [0.29, 0.717) is 23.8 Å². The van der Waals surface area contributed by atoms with Crippen molar-refractivity contribution in [2.75, 3.05) is 19.5 Å². The summed E-state index contributed by atoms with van der Waals surface area (Å²) < 4.78 is 11.9. The SMILES string of the molecule is CCCCOc1c(OC)ccc(N)c1C=C(Br)Br. The molecule has 0 aliphatic heterocycles. The maximum atomic E-state index is 5.98. The van der Waals surface area contributed by atoms with Crippen molar-refractivity contribution in [2.45, 2.75) is 19.8 Å². The van der Waals surface area contributed by atoms with Gasteiger partial charge in [-0.3, -0.25) is 0 Å². The van der Waals surface area contributed by atoms with Crippen molar-refractivity contribution in [3.8, 4) is 11.5 Å². The maximum Gasteiger partial charge on any atom is 0.170 e. The smallest absolute Gasteiger partial charge is 0.170 e. The Bertz CT molecular complexity index is 429. The normalized spacial score (nSPS) is 10.0. The first kappa shape index (κ1) is 15.4. The number of hydrogen-bond acceptors (Lipinski definition) is 3. The zero-order valence-electron chi connectivity index (χ0n) is 10.5. The number of anilines is 1. The Balaban J connectivity index is 3.14. The number of nitrogen functional groups attached to an aromatic ring is 1. The van der Waals surface area contributed by atoms with Gasteiger partial charge in [0, 0.05) is 11.3 Å². The van der Waals surface area contributed by atoms with Gasteiger partial charge in [-0.15, -0.1) is 0 Å². The van der Waals surface area contributed by atoms with E-state index >= 15 is 0 Å². The zero-order chi connectivity index (χ0) is 13.5. The van der Waals surface area contributed by atoms with Crippen LogP contribution in [-0.4, -0.2) is 13.7 Å². The lowest BCUT2D eigenvalue weighted by atomic mass is 10.1. The largest absolute Gasteiger partial charge is 0.493 e. The van der Waals surface area contributed by atoms with Crippen LogP contribution < -0.4 is 15.2 Å². The van der Waals surface area contributed by atoms with Gasteiger partial charge in [0.05, 0.1) is 17.1 Å². The van der Waals surface area contributed by atoms with Gasteiger partial charge in [0.2, 0.25) is 0 Å². The predicted octanol–water partition coefficient (Wildman–Crippen LogP) is 4.54. The fraction of sp³-hybridized carbons (Fsp3) is 0.385. The molecule has 0 heterocycles. The van der Waals surface area contributed by atoms with Gasteiger partial charge in [-0.2, -0.15) is 0 Å². The Kier molecular flexibility index (Phi) is 6.57. The van der Waals surface area contributed by atoms with E-state index in [1.54, 1.807) is 13.2 Å². The van der Waals surface area contributed by atoms with Gasteiger partial charge in [-0.25, -0.2) is 0 Å². The summed E-state index contributed by atoms with van der Waals surface area (Å²) >= 11 is 6.67. The highest BCUT2D eigenvalue weighted by atomic mass is 79.9. The number of halogens is 2. The third-order valence-corrected chi connectivity index (χ3v) is 2.87. The van der Waals surface area contributed by atoms with Crippen LogP contribution in [0.1, 0.15) is 25.3 Å². The Hall–Kier alpha value is -0.680. The van der Waals surface area contributed by atoms with Crippen LogP contribution in [0.2, 0.25) is 0 Å². The fourth-order valence-electron chi connectivity index (χ4n) is 1.48. The lowest BCUT2D eigenvalue weighted by Crippen LogP contribution is -2.02. The molecule has 100 valence electrons. The van der Waals surface area contributed by atoms with Crippen molar-refractivity contribution in [3.05, 3.63) is 21.1 Å². The number of unbranched alkanes of at least 4 members (excludes halogenated alkanes) is 1. The van der Waals surface area contributed by atoms with Crippen molar-refractivity contribution in [1.82, 2.24) is 0 Å². The lowest BCUT2D eigenvalue weighted by molar-refractivity contribution is 0.288. The monoisotopic (exact) mass is 377 g/mol. The maximum absolute atomic E-state index is 5.98. The van der Waals surface area contributed by atoms with Crippen LogP contribution in [0.4, 0.5) is 5.69 Å². The molecular formula is C13H17Br2NO2. The van der Waals surface area contributed by atoms with Gasteiger partial charge in [0.15, 0.2) is 11.5 Å². The Morgan fingerprint density at radius 3 is 2.67 bits per heavy atom. The number of hydrogen-bond donors (Lipinski definition) is 1. The average molecular weight is 379 g/mol. The van der Waals surface area contributed by atoms with Crippen LogP contribution in [0.15, 0.2) is 15.5 Å². The quantitative estimate of drug-likeness (QED) is 0.583. The molecule has 1 rings (SSSR count). The van der Waals surface area contributed by atoms with Gasteiger partial charge < -0.3 is 15.2 Å². The number of ether oxygens (including phenoxy) is 2. The van der Waals surface area contributed by atoms with Crippen LogP contribution >= 0.6 is 31.9 Å². The van der Waals surface area contributed by atoms with Crippen molar-refractivity contribution in [3.63, 3.8) is 0 Å². The summed E-state index contributed by atoms with van der Waals surface area (Å²) in [4.78, 5) is 0. The molecule has 0 saturated heterocycles. The van der Waals surface area contributed by atoms with Gasteiger partial charge in [-0.1, -0.05) is 13.3 Å². The third kappa shape index (κ3) is 4.21. The molecule has 2 N–H and O–H groups in total. The van der Waals surface area contributed by atoms with Gasteiger partial charge in [0.1, 0.15) is 0 Å². The molecule has 0 amide bonds. The van der Waals surface area contributed by atoms with Crippen LogP contribution in [0, 0.1) is 0 Å². The number of methoxy groups -OCH3 is 1. The molecule has 0 aliphatic carbocycles. The van der Waals surface area contributed by atoms with E-state index in [1.165, 1.54) is 0 Å². The van der Waals surface area contributed by atoms with Crippen LogP contribution in [0.3, 0.4) is 0 Å². The van der Waals surface area contributed by atoms with E-state index < -0.39 is 0 Å². The molecule has 0 saturated carbocycles. The first-order valence-corrected chi connectivity index (χ1v) is 7.30. The van der Waals surface area contributed by atoms with Gasteiger partial charge >= 0.3 is 0 Å². The molecule has 3 nitrogen and oxygen atoms in total. The second-order valence-electron chi connectivity index (χ2n) is 3.74. The van der Waals surface area contributed by atoms with E-state index in [4.69, 9.17) is 15.2 Å². The second-order valence-corrected chi connectivity index (χ2v) is 6.51. The molecule has 1 aromatic rings. The van der Waals surface area contributed by atoms with Crippen LogP contribution in [0.25, 0.3) is 6.08 Å². The molecule has 0 fully saturated rings. The molecule has 0 atom stereocenters. The highest BCUT2D eigenvalue weighted by Crippen LogP contribution is 2.38. The molecule has 0 bridgehead atoms. The summed E-state index contributed by atoms with van der Waals surface area (Å²) in [6.45, 7) is 2.77. The van der Waals surface area contributed by atoms with Crippen molar-refractivity contribution < 1.29 is 9.47 Å². The highest BCUT2D eigenvalue weighted by molar-refractivity contribution is 9.28. The number of nitrogens with two attached hydrogens (primary N) is 1. The van der Waals surface area contributed by atoms with Gasteiger partial charge in [-0.05, 0) is 56.5 Å². The molecule has 1 aromatic carbocycles. The fourth-order valence-corrected chi connectivity index (χ4v) is 1.94. The van der Waals surface area contributed by atoms with Crippen molar-refractivity contribution in [2.24, 2.45) is 0 Å². The van der Waals surface area contributed by atoms with E-state index in [2.05, 4.69) is 38.8 Å². The summed E-state index contributed by atoms with van der Waals surface area (Å²) in [7, 11) is 1.62. The second kappa shape index (κ2) is 7.69. The average Bonchev–Trinajstić information content (AvgIpc) is 2.33. The van der Waals surface area contributed by atoms with E-state index in [-0.39, 0.29) is 0 Å². The van der Waals surface area contributed by atoms with Crippen molar-refractivity contribution >= 4 is 43.6 Å². The van der Waals surface area contributed by atoms with Crippen molar-refractivity contribution in [1.29, 1.82) is 0 Å². The van der Waals surface area contributed by atoms with Gasteiger partial charge in [0.25, 0.3) is 0 Å². The summed E-state index contributed by atoms with van der Waals surface area (Å²) in [6, 6.07) is 3.62. The first-order valence-electron chi connectivity index (χ1n) is 5.72. The number of rotatable bonds is 6. The third-order valence-electron chi connectivity index (χ3n) is 2.41. The summed E-state index contributed by atoms with van der Waals surface area (Å²) in [5, 5.41) is 0. The summed E-state index contributed by atoms with van der Waals surface area (Å²) in [5.74, 6) is 1.37. The molecular weight excluding hydrogens is 362 g/mol. The van der Waals surface area contributed by atoms with Crippen LogP contribution in [0.5, 0.6) is 11.5 Å². The summed E-state index contributed by atoms with van der Waals surface area (Å²) in [5.41, 5.74) is 7.44. The molecule has 0 unspecified atom stereocenters. The Labute approximate surface area is 125 Å². The minimum absolute atomic E-state index is 0.650. The van der Waals surface area contributed by atoms with E-state index in [0.717, 1.165) is 21.8 Å². The Morgan fingerprint density at radius 2 is 2.11 bits per heavy atom. The zero-order valence-corrected chi connectivity index (χ0v) is 13.7. The summed E-state index contributed by atoms with van der Waals surface area (Å²) in [6.07, 6.45) is 3.94. The Morgan fingerprint density at radius 1 is 1.39 bits per heavy atom. The topological polar surface area (TPSA) is 44.5 Å².